The number of aryl methyl sites for hydroxylation is 1. The quantitative estimate of drug-likeness (QED) is 0.474. The van der Waals surface area contributed by atoms with E-state index >= 15 is 0 Å². The van der Waals surface area contributed by atoms with E-state index in [1.807, 2.05) is 7.05 Å². The Balaban J connectivity index is 2.85. The highest BCUT2D eigenvalue weighted by Crippen LogP contribution is 2.20. The second-order valence-corrected chi connectivity index (χ2v) is 2.96. The van der Waals surface area contributed by atoms with Crippen LogP contribution in [0.15, 0.2) is 11.4 Å². The van der Waals surface area contributed by atoms with Crippen LogP contribution in [0.5, 0.6) is 0 Å². The number of thiophene rings is 1. The Kier molecular flexibility index (Phi) is 1.73. The van der Waals surface area contributed by atoms with Crippen LogP contribution < -0.4 is 10.9 Å². The molecular formula is C6H10N2S. The Bertz CT molecular complexity index is 193. The van der Waals surface area contributed by atoms with E-state index in [0.717, 1.165) is 5.00 Å². The van der Waals surface area contributed by atoms with Crippen LogP contribution in [0.1, 0.15) is 5.56 Å². The molecule has 2 N–H and O–H groups in total. The molecule has 0 fully saturated rings. The molecule has 0 radical (unpaired) electrons. The fraction of sp³-hybridized carbons (Fsp3) is 0.333. The molecule has 3 heteroatoms. The van der Waals surface area contributed by atoms with E-state index in [-0.39, 0.29) is 0 Å². The van der Waals surface area contributed by atoms with Crippen molar-refractivity contribution < 1.29 is 0 Å². The van der Waals surface area contributed by atoms with Crippen LogP contribution in [0.3, 0.4) is 0 Å². The van der Waals surface area contributed by atoms with Crippen LogP contribution in [-0.2, 0) is 0 Å². The van der Waals surface area contributed by atoms with Crippen LogP contribution in [0.2, 0.25) is 0 Å². The number of hydrogen-bond donors (Lipinski definition) is 1. The maximum atomic E-state index is 5.47. The minimum Gasteiger partial charge on any atom is -0.305 e. The Morgan fingerprint density at radius 2 is 2.33 bits per heavy atom. The van der Waals surface area contributed by atoms with Crippen molar-refractivity contribution >= 4 is 16.3 Å². The van der Waals surface area contributed by atoms with E-state index in [0.29, 0.717) is 0 Å². The zero-order valence-corrected chi connectivity index (χ0v) is 6.40. The van der Waals surface area contributed by atoms with Crippen molar-refractivity contribution in [1.29, 1.82) is 0 Å². The average molecular weight is 142 g/mol. The normalized spacial score (nSPS) is 9.67. The molecule has 0 bridgehead atoms. The fourth-order valence-electron chi connectivity index (χ4n) is 0.601. The van der Waals surface area contributed by atoms with E-state index < -0.39 is 0 Å². The van der Waals surface area contributed by atoms with Gasteiger partial charge in [-0.05, 0) is 23.9 Å². The number of hydrazine groups is 1. The topological polar surface area (TPSA) is 29.3 Å². The zero-order valence-electron chi connectivity index (χ0n) is 5.59. The predicted octanol–water partition coefficient (Wildman–Crippen LogP) is 1.37. The molecule has 9 heavy (non-hydrogen) atoms. The molecule has 0 aliphatic heterocycles. The molecule has 2 nitrogen and oxygen atoms in total. The van der Waals surface area contributed by atoms with Crippen molar-refractivity contribution in [3.8, 4) is 0 Å². The highest BCUT2D eigenvalue weighted by Gasteiger charge is 1.95. The monoisotopic (exact) mass is 142 g/mol. The van der Waals surface area contributed by atoms with Crippen LogP contribution in [0.25, 0.3) is 0 Å². The second-order valence-electron chi connectivity index (χ2n) is 2.07. The average Bonchev–Trinajstić information content (AvgIpc) is 2.14. The van der Waals surface area contributed by atoms with E-state index in [1.54, 1.807) is 16.3 Å². The molecule has 1 aromatic rings. The summed E-state index contributed by atoms with van der Waals surface area (Å²) in [7, 11) is 1.84. The molecule has 50 valence electrons. The minimum atomic E-state index is 1.10. The maximum absolute atomic E-state index is 5.47. The summed E-state index contributed by atoms with van der Waals surface area (Å²) < 4.78 is 0. The molecule has 0 aromatic carbocycles. The third-order valence-corrected chi connectivity index (χ3v) is 2.20. The zero-order chi connectivity index (χ0) is 6.85. The molecule has 0 amide bonds. The lowest BCUT2D eigenvalue weighted by Gasteiger charge is -2.06. The smallest absolute Gasteiger partial charge is 0.105 e. The summed E-state index contributed by atoms with van der Waals surface area (Å²) in [6.45, 7) is 2.06. The molecule has 0 saturated carbocycles. The maximum Gasteiger partial charge on any atom is 0.105 e. The van der Waals surface area contributed by atoms with Crippen LogP contribution in [0.4, 0.5) is 5.00 Å². The van der Waals surface area contributed by atoms with Crippen molar-refractivity contribution in [1.82, 2.24) is 0 Å². The number of hydrogen-bond acceptors (Lipinski definition) is 3. The third-order valence-electron chi connectivity index (χ3n) is 1.06. The standard InChI is InChI=1S/C6H10N2S/c1-5-3-6(8(2)7)9-4-5/h3-4H,7H2,1-2H3. The molecule has 0 atom stereocenters. The first-order chi connectivity index (χ1) is 4.20. The van der Waals surface area contributed by atoms with E-state index in [4.69, 9.17) is 5.84 Å². The van der Waals surface area contributed by atoms with Gasteiger partial charge >= 0.3 is 0 Å². The van der Waals surface area contributed by atoms with Gasteiger partial charge in [-0.1, -0.05) is 0 Å². The van der Waals surface area contributed by atoms with Crippen molar-refractivity contribution in [3.63, 3.8) is 0 Å². The van der Waals surface area contributed by atoms with Crippen LogP contribution >= 0.6 is 11.3 Å². The van der Waals surface area contributed by atoms with Gasteiger partial charge in [0.2, 0.25) is 0 Å². The number of nitrogens with zero attached hydrogens (tertiary/aromatic N) is 1. The van der Waals surface area contributed by atoms with Crippen LogP contribution in [-0.4, -0.2) is 7.05 Å². The lowest BCUT2D eigenvalue weighted by atomic mass is 10.4. The van der Waals surface area contributed by atoms with Gasteiger partial charge in [0.05, 0.1) is 0 Å². The third kappa shape index (κ3) is 1.43. The highest BCUT2D eigenvalue weighted by atomic mass is 32.1. The Morgan fingerprint density at radius 1 is 1.67 bits per heavy atom. The summed E-state index contributed by atoms with van der Waals surface area (Å²) in [4.78, 5) is 0. The minimum absolute atomic E-state index is 1.10. The van der Waals surface area contributed by atoms with Gasteiger partial charge in [-0.3, -0.25) is 0 Å². The fourth-order valence-corrected chi connectivity index (χ4v) is 1.40. The molecule has 0 spiro atoms. The van der Waals surface area contributed by atoms with E-state index in [9.17, 15) is 0 Å². The molecular weight excluding hydrogens is 132 g/mol. The van der Waals surface area contributed by atoms with Crippen molar-refractivity contribution in [3.05, 3.63) is 17.0 Å². The molecule has 0 saturated heterocycles. The lowest BCUT2D eigenvalue weighted by Crippen LogP contribution is -2.23. The van der Waals surface area contributed by atoms with Crippen molar-refractivity contribution in [2.75, 3.05) is 12.1 Å². The van der Waals surface area contributed by atoms with Gasteiger partial charge < -0.3 is 5.01 Å². The van der Waals surface area contributed by atoms with Crippen molar-refractivity contribution in [2.45, 2.75) is 6.92 Å². The SMILES string of the molecule is Cc1csc(N(C)N)c1. The van der Waals surface area contributed by atoms with Gasteiger partial charge in [0.1, 0.15) is 5.00 Å². The van der Waals surface area contributed by atoms with Crippen LogP contribution in [0, 0.1) is 6.92 Å². The van der Waals surface area contributed by atoms with Gasteiger partial charge in [0, 0.05) is 7.05 Å². The predicted molar refractivity (Wildman–Crippen MR) is 41.6 cm³/mol. The molecule has 1 heterocycles. The van der Waals surface area contributed by atoms with E-state index in [2.05, 4.69) is 18.4 Å². The van der Waals surface area contributed by atoms with Crippen molar-refractivity contribution in [2.24, 2.45) is 5.84 Å². The highest BCUT2D eigenvalue weighted by molar-refractivity contribution is 7.14. The molecule has 1 aromatic heterocycles. The summed E-state index contributed by atoms with van der Waals surface area (Å²) in [6, 6.07) is 2.06. The van der Waals surface area contributed by atoms with Gasteiger partial charge in [-0.15, -0.1) is 11.3 Å². The van der Waals surface area contributed by atoms with Gasteiger partial charge in [-0.2, -0.15) is 0 Å². The molecule has 0 aliphatic carbocycles. The first-order valence-electron chi connectivity index (χ1n) is 2.73. The summed E-state index contributed by atoms with van der Waals surface area (Å²) in [6.07, 6.45) is 0. The molecule has 1 rings (SSSR count). The molecule has 0 unspecified atom stereocenters. The Hall–Kier alpha value is -0.540. The lowest BCUT2D eigenvalue weighted by molar-refractivity contribution is 1.03. The number of nitrogens with two attached hydrogens (primary N) is 1. The van der Waals surface area contributed by atoms with Gasteiger partial charge in [-0.25, -0.2) is 5.84 Å². The summed E-state index contributed by atoms with van der Waals surface area (Å²) >= 11 is 1.66. The summed E-state index contributed by atoms with van der Waals surface area (Å²) in [5, 5.41) is 4.81. The Labute approximate surface area is 58.9 Å². The number of anilines is 1. The Morgan fingerprint density at radius 3 is 2.56 bits per heavy atom. The number of rotatable bonds is 1. The largest absolute Gasteiger partial charge is 0.305 e. The van der Waals surface area contributed by atoms with Gasteiger partial charge in [0.25, 0.3) is 0 Å². The first kappa shape index (κ1) is 6.58. The second kappa shape index (κ2) is 2.37. The van der Waals surface area contributed by atoms with E-state index in [1.165, 1.54) is 5.56 Å². The van der Waals surface area contributed by atoms with Gasteiger partial charge in [0.15, 0.2) is 0 Å². The first-order valence-corrected chi connectivity index (χ1v) is 3.61. The summed E-state index contributed by atoms with van der Waals surface area (Å²) in [5.41, 5.74) is 1.27. The molecule has 0 aliphatic rings. The summed E-state index contributed by atoms with van der Waals surface area (Å²) in [5.74, 6) is 5.47.